The van der Waals surface area contributed by atoms with E-state index in [1.807, 2.05) is 0 Å². The van der Waals surface area contributed by atoms with Gasteiger partial charge in [0.1, 0.15) is 23.9 Å². The number of imidazole rings is 1. The van der Waals surface area contributed by atoms with Gasteiger partial charge in [0.2, 0.25) is 17.7 Å². The van der Waals surface area contributed by atoms with Gasteiger partial charge in [0.25, 0.3) is 0 Å². The first-order valence-corrected chi connectivity index (χ1v) is 12.7. The van der Waals surface area contributed by atoms with E-state index in [1.54, 1.807) is 12.1 Å². The Hall–Kier alpha value is -3.62. The Bertz CT molecular complexity index is 1050. The van der Waals surface area contributed by atoms with Crippen LogP contribution in [0.25, 0.3) is 0 Å². The maximum Gasteiger partial charge on any atom is 0.326 e. The Morgan fingerprint density at radius 3 is 2.16 bits per heavy atom. The summed E-state index contributed by atoms with van der Waals surface area (Å²) in [6, 6.07) is 1.54. The molecule has 1 aromatic heterocycles. The fraction of sp³-hybridized carbons (Fsp3) is 0.458. The molecule has 0 aliphatic carbocycles. The minimum atomic E-state index is -1.28. The molecule has 2 rings (SSSR count). The first kappa shape index (κ1) is 30.6. The van der Waals surface area contributed by atoms with E-state index in [-0.39, 0.29) is 30.8 Å². The van der Waals surface area contributed by atoms with Crippen molar-refractivity contribution in [3.05, 3.63) is 48.0 Å². The number of unbranched alkanes of at least 4 members (excludes halogenated alkanes) is 1. The molecule has 10 N–H and O–H groups in total. The van der Waals surface area contributed by atoms with E-state index in [0.29, 0.717) is 30.6 Å². The summed E-state index contributed by atoms with van der Waals surface area (Å²) < 4.78 is 0. The van der Waals surface area contributed by atoms with E-state index < -0.39 is 47.9 Å². The summed E-state index contributed by atoms with van der Waals surface area (Å²) in [4.78, 5) is 57.1. The van der Waals surface area contributed by atoms with E-state index in [1.165, 1.54) is 24.7 Å². The summed E-state index contributed by atoms with van der Waals surface area (Å²) in [5, 5.41) is 26.7. The second kappa shape index (κ2) is 15.6. The number of thiol groups is 1. The smallest absolute Gasteiger partial charge is 0.326 e. The van der Waals surface area contributed by atoms with Crippen LogP contribution in [0.3, 0.4) is 0 Å². The molecular formula is C24H35N7O6S. The molecule has 0 bridgehead atoms. The zero-order valence-corrected chi connectivity index (χ0v) is 21.7. The Morgan fingerprint density at radius 1 is 0.947 bits per heavy atom. The fourth-order valence-corrected chi connectivity index (χ4v) is 3.83. The van der Waals surface area contributed by atoms with Crippen molar-refractivity contribution in [3.8, 4) is 5.75 Å². The zero-order valence-electron chi connectivity index (χ0n) is 20.8. The second-order valence-corrected chi connectivity index (χ2v) is 9.11. The summed E-state index contributed by atoms with van der Waals surface area (Å²) in [5.41, 5.74) is 12.7. The molecule has 208 valence electrons. The summed E-state index contributed by atoms with van der Waals surface area (Å²) in [6.45, 7) is 0.379. The van der Waals surface area contributed by atoms with Crippen molar-refractivity contribution < 1.29 is 29.4 Å². The molecule has 3 amide bonds. The quantitative estimate of drug-likeness (QED) is 0.0906. The molecule has 0 aliphatic rings. The standard InChI is InChI=1S/C24H35N7O6S/c25-8-2-1-3-18(22(34)30-19(24(36)37)9-14-4-6-16(32)7-5-14)29-23(35)20(12-38)31-21(33)17(26)10-15-11-27-13-28-15/h4-7,11,13,17-20,32,38H,1-3,8-10,12,25-26H2,(H,27,28)(H,29,35)(H,30,34)(H,31,33)(H,36,37). The largest absolute Gasteiger partial charge is 0.508 e. The topological polar surface area (TPSA) is 226 Å². The molecule has 14 heteroatoms. The molecule has 0 saturated heterocycles. The highest BCUT2D eigenvalue weighted by Gasteiger charge is 2.30. The van der Waals surface area contributed by atoms with Gasteiger partial charge in [0, 0.05) is 30.5 Å². The number of carboxylic acids is 1. The number of nitrogens with one attached hydrogen (secondary N) is 4. The molecule has 1 heterocycles. The monoisotopic (exact) mass is 549 g/mol. The molecule has 4 atom stereocenters. The number of aromatic nitrogens is 2. The van der Waals surface area contributed by atoms with Crippen LogP contribution in [0.4, 0.5) is 0 Å². The zero-order chi connectivity index (χ0) is 28.1. The van der Waals surface area contributed by atoms with Gasteiger partial charge >= 0.3 is 5.97 Å². The second-order valence-electron chi connectivity index (χ2n) is 8.75. The van der Waals surface area contributed by atoms with Gasteiger partial charge in [-0.3, -0.25) is 14.4 Å². The van der Waals surface area contributed by atoms with Crippen LogP contribution >= 0.6 is 12.6 Å². The van der Waals surface area contributed by atoms with Crippen LogP contribution in [0.15, 0.2) is 36.8 Å². The van der Waals surface area contributed by atoms with Crippen LogP contribution in [0, 0.1) is 0 Å². The summed E-state index contributed by atoms with van der Waals surface area (Å²) >= 11 is 4.15. The lowest BCUT2D eigenvalue weighted by molar-refractivity contribution is -0.142. The lowest BCUT2D eigenvalue weighted by Gasteiger charge is -2.24. The van der Waals surface area contributed by atoms with Gasteiger partial charge in [-0.2, -0.15) is 12.6 Å². The minimum Gasteiger partial charge on any atom is -0.508 e. The lowest BCUT2D eigenvalue weighted by atomic mass is 10.0. The van der Waals surface area contributed by atoms with Crippen molar-refractivity contribution in [1.29, 1.82) is 0 Å². The number of phenolic OH excluding ortho intramolecular Hbond substituents is 1. The highest BCUT2D eigenvalue weighted by Crippen LogP contribution is 2.12. The van der Waals surface area contributed by atoms with E-state index in [0.717, 1.165) is 0 Å². The van der Waals surface area contributed by atoms with Crippen molar-refractivity contribution in [3.63, 3.8) is 0 Å². The number of carboxylic acid groups (broad SMARTS) is 1. The molecule has 1 aromatic carbocycles. The molecule has 0 radical (unpaired) electrons. The molecule has 0 aliphatic heterocycles. The Kier molecular flexibility index (Phi) is 12.6. The van der Waals surface area contributed by atoms with Gasteiger partial charge in [0.05, 0.1) is 12.4 Å². The number of nitrogens with two attached hydrogens (primary N) is 2. The number of phenols is 1. The van der Waals surface area contributed by atoms with Crippen molar-refractivity contribution in [1.82, 2.24) is 25.9 Å². The molecule has 13 nitrogen and oxygen atoms in total. The number of H-pyrrole nitrogens is 1. The summed E-state index contributed by atoms with van der Waals surface area (Å²) in [7, 11) is 0. The number of nitrogens with zero attached hydrogens (tertiary/aromatic N) is 1. The molecule has 0 fully saturated rings. The van der Waals surface area contributed by atoms with E-state index in [9.17, 15) is 29.4 Å². The normalized spacial score (nSPS) is 14.1. The van der Waals surface area contributed by atoms with Crippen LogP contribution in [0.5, 0.6) is 5.75 Å². The van der Waals surface area contributed by atoms with Crippen LogP contribution in [-0.4, -0.2) is 80.3 Å². The first-order valence-electron chi connectivity index (χ1n) is 12.1. The van der Waals surface area contributed by atoms with E-state index in [4.69, 9.17) is 11.5 Å². The Labute approximate surface area is 225 Å². The van der Waals surface area contributed by atoms with Crippen LogP contribution in [0.1, 0.15) is 30.5 Å². The highest BCUT2D eigenvalue weighted by molar-refractivity contribution is 7.80. The first-order chi connectivity index (χ1) is 18.1. The number of carbonyl (C=O) groups excluding carboxylic acids is 3. The molecular weight excluding hydrogens is 514 g/mol. The third-order valence-electron chi connectivity index (χ3n) is 5.72. The van der Waals surface area contributed by atoms with E-state index in [2.05, 4.69) is 38.5 Å². The van der Waals surface area contributed by atoms with Gasteiger partial charge in [-0.1, -0.05) is 12.1 Å². The number of hydrogen-bond acceptors (Lipinski definition) is 9. The van der Waals surface area contributed by atoms with Crippen molar-refractivity contribution >= 4 is 36.3 Å². The SMILES string of the molecule is NCCCCC(NC(=O)C(CS)NC(=O)C(N)Cc1cnc[nH]1)C(=O)NC(Cc1ccc(O)cc1)C(=O)O. The molecule has 0 spiro atoms. The Balaban J connectivity index is 2.05. The van der Waals surface area contributed by atoms with Crippen molar-refractivity contribution in [2.24, 2.45) is 11.5 Å². The van der Waals surface area contributed by atoms with Crippen molar-refractivity contribution in [2.75, 3.05) is 12.3 Å². The Morgan fingerprint density at radius 2 is 1.58 bits per heavy atom. The van der Waals surface area contributed by atoms with Gasteiger partial charge in [-0.05, 0) is 43.5 Å². The van der Waals surface area contributed by atoms with Gasteiger partial charge in [-0.25, -0.2) is 9.78 Å². The third-order valence-corrected chi connectivity index (χ3v) is 6.08. The maximum atomic E-state index is 13.1. The molecule has 0 saturated carbocycles. The molecule has 4 unspecified atom stereocenters. The predicted octanol–water partition coefficient (Wildman–Crippen LogP) is -1.17. The van der Waals surface area contributed by atoms with Crippen LogP contribution in [-0.2, 0) is 32.0 Å². The number of hydrogen-bond donors (Lipinski definition) is 9. The van der Waals surface area contributed by atoms with Gasteiger partial charge < -0.3 is 42.6 Å². The molecule has 38 heavy (non-hydrogen) atoms. The number of rotatable bonds is 16. The van der Waals surface area contributed by atoms with Crippen LogP contribution < -0.4 is 27.4 Å². The van der Waals surface area contributed by atoms with Crippen LogP contribution in [0.2, 0.25) is 0 Å². The fourth-order valence-electron chi connectivity index (χ4n) is 3.57. The molecule has 2 aromatic rings. The lowest BCUT2D eigenvalue weighted by Crippen LogP contribution is -2.58. The third kappa shape index (κ3) is 10.0. The van der Waals surface area contributed by atoms with E-state index >= 15 is 0 Å². The average molecular weight is 550 g/mol. The van der Waals surface area contributed by atoms with Gasteiger partial charge in [-0.15, -0.1) is 0 Å². The maximum absolute atomic E-state index is 13.1. The number of aliphatic carboxylic acids is 1. The summed E-state index contributed by atoms with van der Waals surface area (Å²) in [6.07, 6.45) is 4.42. The predicted molar refractivity (Wildman–Crippen MR) is 142 cm³/mol. The number of aromatic amines is 1. The highest BCUT2D eigenvalue weighted by atomic mass is 32.1. The minimum absolute atomic E-state index is 0.0282. The van der Waals surface area contributed by atoms with Crippen molar-refractivity contribution in [2.45, 2.75) is 56.3 Å². The number of aromatic hydroxyl groups is 1. The number of benzene rings is 1. The average Bonchev–Trinajstić information content (AvgIpc) is 3.40. The summed E-state index contributed by atoms with van der Waals surface area (Å²) in [5.74, 6) is -3.24. The number of carbonyl (C=O) groups is 4. The number of amides is 3. The van der Waals surface area contributed by atoms with Gasteiger partial charge in [0.15, 0.2) is 0 Å².